The van der Waals surface area contributed by atoms with Gasteiger partial charge in [0.25, 0.3) is 0 Å². The van der Waals surface area contributed by atoms with Gasteiger partial charge in [0.2, 0.25) is 0 Å². The fraction of sp³-hybridized carbons (Fsp3) is 0.761. The molecule has 0 aliphatic heterocycles. The number of likely N-dealkylation sites (N-methyl/N-ethyl adjacent to an activating group) is 1. The third kappa shape index (κ3) is 7.84. The maximum Gasteiger partial charge on any atom is 0.309 e. The van der Waals surface area contributed by atoms with E-state index in [9.17, 15) is 24.6 Å². The lowest BCUT2D eigenvalue weighted by Crippen LogP contribution is -2.61. The Morgan fingerprint density at radius 2 is 1.67 bits per heavy atom. The van der Waals surface area contributed by atoms with Crippen LogP contribution in [0.4, 0.5) is 0 Å². The highest BCUT2D eigenvalue weighted by Crippen LogP contribution is 2.72. The number of aliphatic carboxylic acids is 1. The van der Waals surface area contributed by atoms with Crippen LogP contribution >= 0.6 is 11.6 Å². The minimum absolute atomic E-state index is 0.114. The molecule has 0 aromatic heterocycles. The number of carboxylic acid groups (broad SMARTS) is 1. The first-order valence-electron chi connectivity index (χ1n) is 21.2. The van der Waals surface area contributed by atoms with Crippen molar-refractivity contribution in [1.29, 1.82) is 0 Å². The number of hydrogen-bond acceptors (Lipinski definition) is 7. The van der Waals surface area contributed by atoms with E-state index < -0.39 is 28.9 Å². The number of allylic oxidation sites excluding steroid dienone is 1. The molecular formula is C46H69ClN2O6. The number of halogens is 1. The number of esters is 1. The van der Waals surface area contributed by atoms with Gasteiger partial charge in [-0.1, -0.05) is 63.9 Å². The molecule has 0 heterocycles. The van der Waals surface area contributed by atoms with E-state index in [2.05, 4.69) is 64.6 Å². The molecule has 0 radical (unpaired) electrons. The lowest BCUT2D eigenvalue weighted by Gasteiger charge is -2.67. The van der Waals surface area contributed by atoms with Gasteiger partial charge in [-0.15, -0.1) is 0 Å². The molecule has 5 aliphatic rings. The van der Waals surface area contributed by atoms with Gasteiger partial charge in [0.1, 0.15) is 6.10 Å². The molecule has 4 fully saturated rings. The van der Waals surface area contributed by atoms with Gasteiger partial charge in [-0.25, -0.2) is 0 Å². The standard InChI is InChI=1S/C46H69ClN2O6/c1-28(2)40-35(50)24-46(38(51)27-49(22-21-48(8)9)26-30-11-10-12-31(47)23-30)20-16-34-32(41(40)46)13-14-37-44(6)19-17-36(29(3)33(44)15-18-45(34,37)7)55-39(52)25-43(4,5)42(53)54/h10-12,23,28-29,32-34,36-38,51H,13-22,24-27H2,1-9H3,(H,53,54). The molecule has 6 rings (SSSR count). The van der Waals surface area contributed by atoms with Gasteiger partial charge in [0.15, 0.2) is 5.78 Å². The number of ketones is 1. The van der Waals surface area contributed by atoms with Crippen LogP contribution in [0.1, 0.15) is 118 Å². The van der Waals surface area contributed by atoms with E-state index in [-0.39, 0.29) is 41.0 Å². The number of carboxylic acids is 1. The molecule has 306 valence electrons. The number of rotatable bonds is 13. The van der Waals surface area contributed by atoms with E-state index in [1.54, 1.807) is 13.8 Å². The van der Waals surface area contributed by atoms with E-state index in [4.69, 9.17) is 16.3 Å². The van der Waals surface area contributed by atoms with Crippen LogP contribution in [0.25, 0.3) is 0 Å². The van der Waals surface area contributed by atoms with Crippen molar-refractivity contribution in [3.8, 4) is 0 Å². The Bertz CT molecular complexity index is 1660. The highest BCUT2D eigenvalue weighted by atomic mass is 35.5. The minimum Gasteiger partial charge on any atom is -0.481 e. The molecule has 0 amide bonds. The van der Waals surface area contributed by atoms with Gasteiger partial charge in [0, 0.05) is 43.0 Å². The van der Waals surface area contributed by atoms with E-state index in [0.29, 0.717) is 48.2 Å². The summed E-state index contributed by atoms with van der Waals surface area (Å²) in [4.78, 5) is 43.4. The number of benzene rings is 1. The molecule has 8 nitrogen and oxygen atoms in total. The predicted molar refractivity (Wildman–Crippen MR) is 217 cm³/mol. The normalized spacial score (nSPS) is 35.3. The molecule has 10 atom stereocenters. The Balaban J connectivity index is 1.24. The average Bonchev–Trinajstić information content (AvgIpc) is 3.41. The zero-order valence-electron chi connectivity index (χ0n) is 35.1. The molecule has 9 heteroatoms. The third-order valence-electron chi connectivity index (χ3n) is 15.8. The second-order valence-electron chi connectivity index (χ2n) is 20.3. The summed E-state index contributed by atoms with van der Waals surface area (Å²) in [6, 6.07) is 8.00. The van der Waals surface area contributed by atoms with E-state index in [1.807, 2.05) is 18.2 Å². The summed E-state index contributed by atoms with van der Waals surface area (Å²) in [7, 11) is 4.16. The van der Waals surface area contributed by atoms with Gasteiger partial charge in [-0.3, -0.25) is 19.3 Å². The molecule has 2 N–H and O–H groups in total. The van der Waals surface area contributed by atoms with Crippen LogP contribution in [0.15, 0.2) is 35.4 Å². The molecule has 55 heavy (non-hydrogen) atoms. The zero-order valence-corrected chi connectivity index (χ0v) is 35.9. The molecule has 1 aromatic rings. The van der Waals surface area contributed by atoms with Crippen molar-refractivity contribution in [2.24, 2.45) is 57.2 Å². The number of carbonyl (C=O) groups is 3. The number of fused-ring (bicyclic) bond motifs is 7. The highest BCUT2D eigenvalue weighted by molar-refractivity contribution is 6.30. The number of ether oxygens (including phenoxy) is 1. The fourth-order valence-electron chi connectivity index (χ4n) is 13.1. The number of Topliss-reactive ketones (excluding diaryl/α,β-unsaturated/α-hetero) is 1. The third-order valence-corrected chi connectivity index (χ3v) is 16.1. The molecule has 0 saturated heterocycles. The van der Waals surface area contributed by atoms with E-state index >= 15 is 0 Å². The zero-order chi connectivity index (χ0) is 40.2. The van der Waals surface area contributed by atoms with Gasteiger partial charge in [-0.2, -0.15) is 0 Å². The summed E-state index contributed by atoms with van der Waals surface area (Å²) in [6.07, 6.45) is 7.47. The molecule has 0 bridgehead atoms. The molecule has 10 unspecified atom stereocenters. The topological polar surface area (TPSA) is 107 Å². The Morgan fingerprint density at radius 1 is 1.00 bits per heavy atom. The summed E-state index contributed by atoms with van der Waals surface area (Å²) in [5, 5.41) is 22.9. The Kier molecular flexibility index (Phi) is 12.2. The van der Waals surface area contributed by atoms with Crippen LogP contribution in [0.5, 0.6) is 0 Å². The van der Waals surface area contributed by atoms with Crippen molar-refractivity contribution in [3.63, 3.8) is 0 Å². The number of aliphatic hydroxyl groups is 1. The van der Waals surface area contributed by atoms with Crippen molar-refractivity contribution >= 4 is 29.3 Å². The van der Waals surface area contributed by atoms with Crippen LogP contribution in [-0.2, 0) is 25.7 Å². The fourth-order valence-corrected chi connectivity index (χ4v) is 13.3. The second kappa shape index (κ2) is 15.8. The lowest BCUT2D eigenvalue weighted by molar-refractivity contribution is -0.193. The van der Waals surface area contributed by atoms with Crippen molar-refractivity contribution in [2.45, 2.75) is 131 Å². The summed E-state index contributed by atoms with van der Waals surface area (Å²) < 4.78 is 6.07. The number of aliphatic hydroxyl groups excluding tert-OH is 1. The Labute approximate surface area is 335 Å². The summed E-state index contributed by atoms with van der Waals surface area (Å²) in [5.74, 6) is 0.882. The molecular weight excluding hydrogens is 712 g/mol. The molecule has 5 aliphatic carbocycles. The van der Waals surface area contributed by atoms with Crippen LogP contribution in [0.2, 0.25) is 5.02 Å². The summed E-state index contributed by atoms with van der Waals surface area (Å²) in [5.41, 5.74) is 1.99. The SMILES string of the molecule is CC(C)C1=C2C3CCC4C(C)(CCC5C(C)C(OC(=O)CC(C)(C)C(=O)O)CCC54C)C3CCC2(C(O)CN(CCN(C)C)Cc2cccc(Cl)c2)CC1=O. The summed E-state index contributed by atoms with van der Waals surface area (Å²) in [6.45, 7) is 17.7. The van der Waals surface area contributed by atoms with Gasteiger partial charge >= 0.3 is 11.9 Å². The first-order valence-corrected chi connectivity index (χ1v) is 21.6. The predicted octanol–water partition coefficient (Wildman–Crippen LogP) is 8.68. The summed E-state index contributed by atoms with van der Waals surface area (Å²) >= 11 is 6.39. The first-order chi connectivity index (χ1) is 25.7. The quantitative estimate of drug-likeness (QED) is 0.192. The molecule has 4 saturated carbocycles. The van der Waals surface area contributed by atoms with Crippen LogP contribution in [0, 0.1) is 57.2 Å². The monoisotopic (exact) mass is 780 g/mol. The van der Waals surface area contributed by atoms with Gasteiger partial charge in [0.05, 0.1) is 17.9 Å². The first kappa shape index (κ1) is 42.3. The minimum atomic E-state index is -1.15. The van der Waals surface area contributed by atoms with Crippen LogP contribution < -0.4 is 0 Å². The van der Waals surface area contributed by atoms with Crippen molar-refractivity contribution in [2.75, 3.05) is 33.7 Å². The smallest absolute Gasteiger partial charge is 0.309 e. The lowest BCUT2D eigenvalue weighted by atomic mass is 9.38. The maximum atomic E-state index is 14.2. The maximum absolute atomic E-state index is 14.2. The largest absolute Gasteiger partial charge is 0.481 e. The number of nitrogens with zero attached hydrogens (tertiary/aromatic N) is 2. The number of hydrogen-bond donors (Lipinski definition) is 2. The van der Waals surface area contributed by atoms with Crippen LogP contribution in [-0.4, -0.2) is 83.7 Å². The van der Waals surface area contributed by atoms with Crippen molar-refractivity contribution in [3.05, 3.63) is 46.0 Å². The van der Waals surface area contributed by atoms with Crippen molar-refractivity contribution < 1.29 is 29.3 Å². The average molecular weight is 782 g/mol. The van der Waals surface area contributed by atoms with Crippen molar-refractivity contribution in [1.82, 2.24) is 9.80 Å². The van der Waals surface area contributed by atoms with Crippen LogP contribution in [0.3, 0.4) is 0 Å². The molecule has 0 spiro atoms. The van der Waals surface area contributed by atoms with E-state index in [1.165, 1.54) is 5.57 Å². The van der Waals surface area contributed by atoms with Gasteiger partial charge < -0.3 is 19.8 Å². The molecule has 1 aromatic carbocycles. The Morgan fingerprint density at radius 3 is 2.33 bits per heavy atom. The second-order valence-corrected chi connectivity index (χ2v) is 20.7. The number of carbonyl (C=O) groups excluding carboxylic acids is 2. The van der Waals surface area contributed by atoms with E-state index in [0.717, 1.165) is 75.6 Å². The Hall–Kier alpha value is -2.26. The van der Waals surface area contributed by atoms with Gasteiger partial charge in [-0.05, 0) is 149 Å². The highest BCUT2D eigenvalue weighted by Gasteiger charge is 2.66.